The minimum Gasteiger partial charge on any atom is -0.434 e. The van der Waals surface area contributed by atoms with E-state index in [0.29, 0.717) is 0 Å². The Morgan fingerprint density at radius 2 is 1.87 bits per heavy atom. The number of hydrogen-bond donors (Lipinski definition) is 1. The number of ether oxygens (including phenoxy) is 1. The van der Waals surface area contributed by atoms with Gasteiger partial charge in [-0.3, -0.25) is 4.90 Å². The van der Waals surface area contributed by atoms with E-state index >= 15 is 0 Å². The molecule has 1 fully saturated rings. The third-order valence-electron chi connectivity index (χ3n) is 3.73. The van der Waals surface area contributed by atoms with Gasteiger partial charge in [0.05, 0.1) is 0 Å². The molecule has 0 amide bonds. The highest BCUT2D eigenvalue weighted by Crippen LogP contribution is 2.33. The van der Waals surface area contributed by atoms with Crippen LogP contribution >= 0.6 is 24.8 Å². The van der Waals surface area contributed by atoms with Gasteiger partial charge in [0.2, 0.25) is 0 Å². The largest absolute Gasteiger partial charge is 0.434 e. The summed E-state index contributed by atoms with van der Waals surface area (Å²) in [7, 11) is 0. The maximum absolute atomic E-state index is 12.6. The van der Waals surface area contributed by atoms with Crippen LogP contribution in [0.1, 0.15) is 24.4 Å². The van der Waals surface area contributed by atoms with Crippen LogP contribution in [0.4, 0.5) is 8.78 Å². The van der Waals surface area contributed by atoms with Crippen molar-refractivity contribution in [2.45, 2.75) is 25.5 Å². The van der Waals surface area contributed by atoms with Gasteiger partial charge in [0.25, 0.3) is 0 Å². The standard InChI is InChI=1S/C16H22F2N2O.2ClH/c1-2-3-7-14(20-11-9-19-10-12-20)13-6-4-5-8-15(13)21-16(17)18;;/h2,4-6,8,14,16,19H,1,3,7,9-12H2;2*1H/t14-;;/m0../s1. The first-order valence-corrected chi connectivity index (χ1v) is 7.31. The van der Waals surface area contributed by atoms with E-state index in [-0.39, 0.29) is 36.6 Å². The number of hydrogen-bond acceptors (Lipinski definition) is 3. The monoisotopic (exact) mass is 368 g/mol. The highest BCUT2D eigenvalue weighted by molar-refractivity contribution is 5.85. The quantitative estimate of drug-likeness (QED) is 0.734. The third kappa shape index (κ3) is 6.63. The molecule has 2 rings (SSSR count). The SMILES string of the molecule is C=CCC[C@@H](c1ccccc1OC(F)F)N1CCNCC1.Cl.Cl. The molecule has 0 spiro atoms. The Morgan fingerprint density at radius 3 is 2.48 bits per heavy atom. The molecule has 1 atom stereocenters. The predicted octanol–water partition coefficient (Wildman–Crippen LogP) is 4.04. The zero-order valence-electron chi connectivity index (χ0n) is 12.9. The molecule has 23 heavy (non-hydrogen) atoms. The molecule has 1 heterocycles. The Balaban J connectivity index is 0.00000242. The van der Waals surface area contributed by atoms with Crippen LogP contribution in [0.3, 0.4) is 0 Å². The van der Waals surface area contributed by atoms with E-state index in [0.717, 1.165) is 44.6 Å². The van der Waals surface area contributed by atoms with E-state index in [1.165, 1.54) is 0 Å². The number of piperazine rings is 1. The number of nitrogens with one attached hydrogen (secondary N) is 1. The van der Waals surface area contributed by atoms with Crippen molar-refractivity contribution in [3.63, 3.8) is 0 Å². The second-order valence-electron chi connectivity index (χ2n) is 5.08. The van der Waals surface area contributed by atoms with Gasteiger partial charge in [0, 0.05) is 37.8 Å². The van der Waals surface area contributed by atoms with Gasteiger partial charge in [-0.15, -0.1) is 31.4 Å². The maximum Gasteiger partial charge on any atom is 0.387 e. The lowest BCUT2D eigenvalue weighted by Crippen LogP contribution is -2.45. The predicted molar refractivity (Wildman–Crippen MR) is 94.2 cm³/mol. The summed E-state index contributed by atoms with van der Waals surface area (Å²) in [6.07, 6.45) is 3.57. The fraction of sp³-hybridized carbons (Fsp3) is 0.500. The summed E-state index contributed by atoms with van der Waals surface area (Å²) in [5, 5.41) is 3.31. The third-order valence-corrected chi connectivity index (χ3v) is 3.73. The van der Waals surface area contributed by atoms with Crippen molar-refractivity contribution in [1.82, 2.24) is 10.2 Å². The van der Waals surface area contributed by atoms with Gasteiger partial charge in [-0.2, -0.15) is 8.78 Å². The Morgan fingerprint density at radius 1 is 1.22 bits per heavy atom. The van der Waals surface area contributed by atoms with Gasteiger partial charge in [-0.1, -0.05) is 24.3 Å². The highest BCUT2D eigenvalue weighted by atomic mass is 35.5. The summed E-state index contributed by atoms with van der Waals surface area (Å²) < 4.78 is 29.9. The summed E-state index contributed by atoms with van der Waals surface area (Å²) in [6.45, 7) is 4.62. The minimum absolute atomic E-state index is 0. The van der Waals surface area contributed by atoms with E-state index in [4.69, 9.17) is 4.74 Å². The molecule has 1 aliphatic heterocycles. The van der Waals surface area contributed by atoms with Gasteiger partial charge in [0.1, 0.15) is 5.75 Å². The van der Waals surface area contributed by atoms with Crippen LogP contribution in [0.2, 0.25) is 0 Å². The maximum atomic E-state index is 12.6. The van der Waals surface area contributed by atoms with E-state index in [9.17, 15) is 8.78 Å². The second kappa shape index (κ2) is 11.6. The van der Waals surface area contributed by atoms with Gasteiger partial charge in [0.15, 0.2) is 0 Å². The summed E-state index contributed by atoms with van der Waals surface area (Å²) in [5.74, 6) is 0.278. The van der Waals surface area contributed by atoms with Crippen molar-refractivity contribution in [3.8, 4) is 5.75 Å². The van der Waals surface area contributed by atoms with Crippen molar-refractivity contribution in [1.29, 1.82) is 0 Å². The van der Waals surface area contributed by atoms with Crippen molar-refractivity contribution >= 4 is 24.8 Å². The molecule has 132 valence electrons. The molecular weight excluding hydrogens is 345 g/mol. The summed E-state index contributed by atoms with van der Waals surface area (Å²) in [5.41, 5.74) is 0.835. The van der Waals surface area contributed by atoms with Crippen LogP contribution in [0.5, 0.6) is 5.75 Å². The fourth-order valence-corrected chi connectivity index (χ4v) is 2.76. The van der Waals surface area contributed by atoms with Gasteiger partial charge < -0.3 is 10.1 Å². The van der Waals surface area contributed by atoms with Gasteiger partial charge in [-0.05, 0) is 18.9 Å². The Hall–Kier alpha value is -0.880. The number of alkyl halides is 2. The normalized spacial score (nSPS) is 16.1. The number of para-hydroxylation sites is 1. The van der Waals surface area contributed by atoms with E-state index in [2.05, 4.69) is 16.8 Å². The molecule has 1 aromatic carbocycles. The molecule has 1 aliphatic rings. The highest BCUT2D eigenvalue weighted by Gasteiger charge is 2.24. The van der Waals surface area contributed by atoms with Crippen molar-refractivity contribution in [3.05, 3.63) is 42.5 Å². The van der Waals surface area contributed by atoms with E-state index in [1.54, 1.807) is 12.1 Å². The average Bonchev–Trinajstić information content (AvgIpc) is 2.50. The lowest BCUT2D eigenvalue weighted by atomic mass is 9.98. The molecule has 1 N–H and O–H groups in total. The van der Waals surface area contributed by atoms with Crippen molar-refractivity contribution in [2.75, 3.05) is 26.2 Å². The molecule has 1 aromatic rings. The first-order chi connectivity index (χ1) is 10.2. The molecule has 0 aliphatic carbocycles. The molecular formula is C16H24Cl2F2N2O. The van der Waals surface area contributed by atoms with Crippen LogP contribution < -0.4 is 10.1 Å². The zero-order chi connectivity index (χ0) is 15.1. The fourth-order valence-electron chi connectivity index (χ4n) is 2.76. The molecule has 0 unspecified atom stereocenters. The van der Waals surface area contributed by atoms with Crippen molar-refractivity contribution in [2.24, 2.45) is 0 Å². The Kier molecular flexibility index (Phi) is 11.2. The minimum atomic E-state index is -2.80. The van der Waals surface area contributed by atoms with Crippen LogP contribution in [0.25, 0.3) is 0 Å². The van der Waals surface area contributed by atoms with Crippen LogP contribution in [-0.2, 0) is 0 Å². The lowest BCUT2D eigenvalue weighted by Gasteiger charge is -2.35. The van der Waals surface area contributed by atoms with Gasteiger partial charge in [-0.25, -0.2) is 0 Å². The van der Waals surface area contributed by atoms with E-state index in [1.807, 2.05) is 18.2 Å². The second-order valence-corrected chi connectivity index (χ2v) is 5.08. The average molecular weight is 369 g/mol. The Labute approximate surface area is 148 Å². The van der Waals surface area contributed by atoms with Crippen LogP contribution in [-0.4, -0.2) is 37.7 Å². The molecule has 0 bridgehead atoms. The molecule has 3 nitrogen and oxygen atoms in total. The zero-order valence-corrected chi connectivity index (χ0v) is 14.6. The molecule has 0 aromatic heterocycles. The smallest absolute Gasteiger partial charge is 0.387 e. The number of nitrogens with zero attached hydrogens (tertiary/aromatic N) is 1. The van der Waals surface area contributed by atoms with Gasteiger partial charge >= 0.3 is 6.61 Å². The number of benzene rings is 1. The number of allylic oxidation sites excluding steroid dienone is 1. The first kappa shape index (κ1) is 22.1. The summed E-state index contributed by atoms with van der Waals surface area (Å²) in [6, 6.07) is 7.18. The van der Waals surface area contributed by atoms with Crippen molar-refractivity contribution < 1.29 is 13.5 Å². The molecule has 7 heteroatoms. The molecule has 1 saturated heterocycles. The molecule has 0 saturated carbocycles. The summed E-state index contributed by atoms with van der Waals surface area (Å²) >= 11 is 0. The molecule has 0 radical (unpaired) electrons. The van der Waals surface area contributed by atoms with E-state index < -0.39 is 6.61 Å². The summed E-state index contributed by atoms with van der Waals surface area (Å²) in [4.78, 5) is 2.33. The van der Waals surface area contributed by atoms with Crippen LogP contribution in [0, 0.1) is 0 Å². The van der Waals surface area contributed by atoms with Crippen LogP contribution in [0.15, 0.2) is 36.9 Å². The topological polar surface area (TPSA) is 24.5 Å². The Bertz CT molecular complexity index is 457. The lowest BCUT2D eigenvalue weighted by molar-refractivity contribution is -0.0513. The first-order valence-electron chi connectivity index (χ1n) is 7.31. The number of halogens is 4. The number of rotatable bonds is 7.